The minimum atomic E-state index is -4.35. The maximum Gasteiger partial charge on any atom is 0.254 e. The molecule has 2 unspecified atom stereocenters. The fraction of sp³-hybridized carbons (Fsp3) is 0.364. The highest BCUT2D eigenvalue weighted by Crippen LogP contribution is 2.23. The number of hydrogen-bond acceptors (Lipinski definition) is 4. The number of hydrogen-bond donors (Lipinski definition) is 2. The van der Waals surface area contributed by atoms with Gasteiger partial charge in [-0.05, 0) is 19.1 Å². The van der Waals surface area contributed by atoms with E-state index in [-0.39, 0.29) is 10.8 Å². The van der Waals surface area contributed by atoms with Crippen LogP contribution in [0.1, 0.15) is 17.3 Å². The summed E-state index contributed by atoms with van der Waals surface area (Å²) < 4.78 is 47.6. The number of carbonyl (C=O) groups is 1. The molecule has 1 aromatic carbocycles. The van der Waals surface area contributed by atoms with Crippen LogP contribution in [0.2, 0.25) is 5.02 Å². The third kappa shape index (κ3) is 5.03. The lowest BCUT2D eigenvalue weighted by atomic mass is 10.2. The van der Waals surface area contributed by atoms with E-state index < -0.39 is 49.0 Å². The molecule has 0 saturated carbocycles. The van der Waals surface area contributed by atoms with Gasteiger partial charge in [0.15, 0.2) is 5.82 Å². The molecule has 0 heterocycles. The van der Waals surface area contributed by atoms with E-state index in [1.165, 1.54) is 6.26 Å². The number of nitrogens with two attached hydrogens (primary N) is 1. The molecule has 0 radical (unpaired) electrons. The lowest BCUT2D eigenvalue weighted by molar-refractivity contribution is 0.0939. The second kappa shape index (κ2) is 6.82. The summed E-state index contributed by atoms with van der Waals surface area (Å²) in [5, 5.41) is 7.13. The van der Waals surface area contributed by atoms with E-state index in [0.717, 1.165) is 12.1 Å². The molecule has 0 bridgehead atoms. The van der Waals surface area contributed by atoms with Gasteiger partial charge in [-0.15, -0.1) is 0 Å². The molecule has 6 nitrogen and oxygen atoms in total. The van der Waals surface area contributed by atoms with Crippen LogP contribution in [0.5, 0.6) is 0 Å². The van der Waals surface area contributed by atoms with Crippen LogP contribution >= 0.6 is 11.6 Å². The molecule has 0 saturated heterocycles. The van der Waals surface area contributed by atoms with Gasteiger partial charge in [-0.3, -0.25) is 9.00 Å². The van der Waals surface area contributed by atoms with Gasteiger partial charge in [0, 0.05) is 33.9 Å². The molecule has 1 rings (SSSR count). The third-order valence-corrected chi connectivity index (χ3v) is 4.52. The molecule has 10 heteroatoms. The highest BCUT2D eigenvalue weighted by molar-refractivity contribution is 7.89. The molecular formula is C11H14ClFN2O4S2. The summed E-state index contributed by atoms with van der Waals surface area (Å²) in [6.07, 6.45) is 1.46. The normalized spacial score (nSPS) is 14.5. The average Bonchev–Trinajstić information content (AvgIpc) is 2.28. The van der Waals surface area contributed by atoms with E-state index in [2.05, 4.69) is 5.32 Å². The Bertz CT molecular complexity index is 694. The van der Waals surface area contributed by atoms with E-state index in [1.54, 1.807) is 6.92 Å². The van der Waals surface area contributed by atoms with Crippen molar-refractivity contribution in [2.24, 2.45) is 5.14 Å². The van der Waals surface area contributed by atoms with Crippen LogP contribution in [0.25, 0.3) is 0 Å². The first kappa shape index (κ1) is 18.0. The van der Waals surface area contributed by atoms with Crippen LogP contribution in [0.3, 0.4) is 0 Å². The van der Waals surface area contributed by atoms with Gasteiger partial charge < -0.3 is 5.32 Å². The Morgan fingerprint density at radius 2 is 2.10 bits per heavy atom. The van der Waals surface area contributed by atoms with Gasteiger partial charge in [0.05, 0.1) is 5.56 Å². The first-order valence-corrected chi connectivity index (χ1v) is 9.30. The van der Waals surface area contributed by atoms with Crippen LogP contribution in [-0.2, 0) is 20.8 Å². The Hall–Kier alpha value is -1.03. The Morgan fingerprint density at radius 3 is 2.57 bits per heavy atom. The molecule has 0 aliphatic heterocycles. The SMILES string of the molecule is CC(CS(C)=O)NC(=O)c1cc(Cl)cc(S(N)(=O)=O)c1F. The van der Waals surface area contributed by atoms with Crippen molar-refractivity contribution >= 4 is 38.3 Å². The van der Waals surface area contributed by atoms with Crippen molar-refractivity contribution in [2.45, 2.75) is 17.9 Å². The summed E-state index contributed by atoms with van der Waals surface area (Å²) in [4.78, 5) is 11.1. The van der Waals surface area contributed by atoms with E-state index in [9.17, 15) is 21.8 Å². The highest BCUT2D eigenvalue weighted by atomic mass is 35.5. The van der Waals surface area contributed by atoms with Crippen molar-refractivity contribution in [3.63, 3.8) is 0 Å². The van der Waals surface area contributed by atoms with Crippen LogP contribution < -0.4 is 10.5 Å². The van der Waals surface area contributed by atoms with Crippen molar-refractivity contribution < 1.29 is 21.8 Å². The first-order valence-electron chi connectivity index (χ1n) is 5.65. The number of halogens is 2. The van der Waals surface area contributed by atoms with E-state index in [4.69, 9.17) is 16.7 Å². The molecule has 0 spiro atoms. The molecular weight excluding hydrogens is 343 g/mol. The monoisotopic (exact) mass is 356 g/mol. The zero-order chi connectivity index (χ0) is 16.4. The molecule has 0 aliphatic rings. The molecule has 21 heavy (non-hydrogen) atoms. The molecule has 3 N–H and O–H groups in total. The topological polar surface area (TPSA) is 106 Å². The fourth-order valence-corrected chi connectivity index (χ4v) is 3.35. The Kier molecular flexibility index (Phi) is 5.85. The highest BCUT2D eigenvalue weighted by Gasteiger charge is 2.23. The summed E-state index contributed by atoms with van der Waals surface area (Å²) in [7, 11) is -5.49. The smallest absolute Gasteiger partial charge is 0.254 e. The number of carbonyl (C=O) groups excluding carboxylic acids is 1. The number of rotatable bonds is 5. The van der Waals surface area contributed by atoms with Crippen molar-refractivity contribution in [3.05, 3.63) is 28.5 Å². The average molecular weight is 357 g/mol. The van der Waals surface area contributed by atoms with E-state index in [1.807, 2.05) is 0 Å². The predicted octanol–water partition coefficient (Wildman–Crippen LogP) is 0.623. The van der Waals surface area contributed by atoms with Gasteiger partial charge in [0.25, 0.3) is 5.91 Å². The Balaban J connectivity index is 3.17. The zero-order valence-corrected chi connectivity index (χ0v) is 13.6. The van der Waals surface area contributed by atoms with E-state index >= 15 is 0 Å². The van der Waals surface area contributed by atoms with Gasteiger partial charge in [-0.2, -0.15) is 0 Å². The Morgan fingerprint density at radius 1 is 1.52 bits per heavy atom. The van der Waals surface area contributed by atoms with Crippen LogP contribution in [0, 0.1) is 5.82 Å². The van der Waals surface area contributed by atoms with Crippen LogP contribution in [-0.4, -0.2) is 36.6 Å². The second-order valence-corrected chi connectivity index (χ2v) is 7.87. The number of benzene rings is 1. The fourth-order valence-electron chi connectivity index (χ4n) is 1.63. The Labute approximate surface area is 129 Å². The molecule has 1 amide bonds. The predicted molar refractivity (Wildman–Crippen MR) is 78.6 cm³/mol. The summed E-state index contributed by atoms with van der Waals surface area (Å²) in [5.74, 6) is -1.96. The van der Waals surface area contributed by atoms with Crippen molar-refractivity contribution in [2.75, 3.05) is 12.0 Å². The molecule has 0 aromatic heterocycles. The maximum atomic E-state index is 14.1. The van der Waals surface area contributed by atoms with Gasteiger partial charge in [-0.25, -0.2) is 17.9 Å². The van der Waals surface area contributed by atoms with Gasteiger partial charge in [0.1, 0.15) is 4.90 Å². The van der Waals surface area contributed by atoms with Crippen LogP contribution in [0.15, 0.2) is 17.0 Å². The van der Waals surface area contributed by atoms with Gasteiger partial charge in [0.2, 0.25) is 10.0 Å². The van der Waals surface area contributed by atoms with Gasteiger partial charge >= 0.3 is 0 Å². The maximum absolute atomic E-state index is 14.1. The summed E-state index contributed by atoms with van der Waals surface area (Å²) >= 11 is 5.68. The standard InChI is InChI=1S/C11H14ClFN2O4S2/c1-6(5-20(2)17)15-11(16)8-3-7(12)4-9(10(8)13)21(14,18)19/h3-4,6H,5H2,1-2H3,(H,15,16)(H2,14,18,19). The minimum absolute atomic E-state index is 0.141. The van der Waals surface area contributed by atoms with Crippen molar-refractivity contribution in [3.8, 4) is 0 Å². The zero-order valence-electron chi connectivity index (χ0n) is 11.2. The molecule has 0 aliphatic carbocycles. The number of amides is 1. The first-order chi connectivity index (χ1) is 9.52. The third-order valence-electron chi connectivity index (χ3n) is 2.42. The molecule has 118 valence electrons. The lowest BCUT2D eigenvalue weighted by Crippen LogP contribution is -2.36. The van der Waals surface area contributed by atoms with E-state index in [0.29, 0.717) is 0 Å². The largest absolute Gasteiger partial charge is 0.349 e. The summed E-state index contributed by atoms with van der Waals surface area (Å²) in [6.45, 7) is 1.59. The quantitative estimate of drug-likeness (QED) is 0.806. The lowest BCUT2D eigenvalue weighted by Gasteiger charge is -2.14. The number of sulfonamides is 1. The van der Waals surface area contributed by atoms with Gasteiger partial charge in [-0.1, -0.05) is 11.6 Å². The number of nitrogens with one attached hydrogen (secondary N) is 1. The number of primary sulfonamides is 1. The molecule has 2 atom stereocenters. The summed E-state index contributed by atoms with van der Waals surface area (Å²) in [5.41, 5.74) is -0.541. The van der Waals surface area contributed by atoms with Crippen molar-refractivity contribution in [1.29, 1.82) is 0 Å². The minimum Gasteiger partial charge on any atom is -0.349 e. The molecule has 1 aromatic rings. The molecule has 0 fully saturated rings. The van der Waals surface area contributed by atoms with Crippen molar-refractivity contribution in [1.82, 2.24) is 5.32 Å². The summed E-state index contributed by atoms with van der Waals surface area (Å²) in [6, 6.07) is 1.34. The second-order valence-electron chi connectivity index (χ2n) is 4.42. The van der Waals surface area contributed by atoms with Crippen LogP contribution in [0.4, 0.5) is 4.39 Å².